The second-order valence-electron chi connectivity index (χ2n) is 5.87. The van der Waals surface area contributed by atoms with E-state index in [9.17, 15) is 4.79 Å². The van der Waals surface area contributed by atoms with Crippen LogP contribution in [0.5, 0.6) is 0 Å². The lowest BCUT2D eigenvalue weighted by Gasteiger charge is -2.17. The Kier molecular flexibility index (Phi) is 5.54. The topological polar surface area (TPSA) is 56.0 Å². The molecule has 0 bridgehead atoms. The lowest BCUT2D eigenvalue weighted by Crippen LogP contribution is -2.13. The summed E-state index contributed by atoms with van der Waals surface area (Å²) in [6.45, 7) is 1.87. The first-order valence-corrected chi connectivity index (χ1v) is 9.60. The van der Waals surface area contributed by atoms with E-state index in [0.29, 0.717) is 16.7 Å². The minimum Gasteiger partial charge on any atom is -0.416 e. The normalized spacial score (nSPS) is 17.1. The van der Waals surface area contributed by atoms with Gasteiger partial charge in [0.25, 0.3) is 5.22 Å². The summed E-state index contributed by atoms with van der Waals surface area (Å²) in [5.74, 6) is 1.19. The van der Waals surface area contributed by atoms with Crippen LogP contribution >= 0.6 is 27.7 Å². The number of halogens is 1. The van der Waals surface area contributed by atoms with Crippen molar-refractivity contribution in [1.29, 1.82) is 0 Å². The Balaban J connectivity index is 1.63. The molecule has 6 heteroatoms. The highest BCUT2D eigenvalue weighted by molar-refractivity contribution is 9.10. The minimum atomic E-state index is -0.254. The third-order valence-electron chi connectivity index (χ3n) is 4.15. The van der Waals surface area contributed by atoms with Crippen LogP contribution in [0.25, 0.3) is 0 Å². The zero-order chi connectivity index (χ0) is 16.2. The summed E-state index contributed by atoms with van der Waals surface area (Å²) in [7, 11) is 0. The number of ketones is 1. The Hall–Kier alpha value is -1.14. The van der Waals surface area contributed by atoms with Gasteiger partial charge in [0.2, 0.25) is 5.89 Å². The highest BCUT2D eigenvalue weighted by Gasteiger charge is 2.24. The summed E-state index contributed by atoms with van der Waals surface area (Å²) < 4.78 is 6.74. The highest BCUT2D eigenvalue weighted by atomic mass is 79.9. The molecule has 1 aliphatic carbocycles. The van der Waals surface area contributed by atoms with Crippen molar-refractivity contribution in [2.75, 3.05) is 0 Å². The monoisotopic (exact) mass is 394 g/mol. The van der Waals surface area contributed by atoms with Crippen LogP contribution in [0.15, 0.2) is 38.4 Å². The first kappa shape index (κ1) is 16.7. The van der Waals surface area contributed by atoms with E-state index in [2.05, 4.69) is 26.1 Å². The van der Waals surface area contributed by atoms with E-state index >= 15 is 0 Å². The molecule has 1 saturated carbocycles. The number of hydrogen-bond donors (Lipinski definition) is 0. The van der Waals surface area contributed by atoms with E-state index in [1.807, 2.05) is 31.2 Å². The van der Waals surface area contributed by atoms with Crippen LogP contribution in [0.2, 0.25) is 0 Å². The van der Waals surface area contributed by atoms with E-state index in [1.165, 1.54) is 31.0 Å². The van der Waals surface area contributed by atoms with Gasteiger partial charge in [-0.3, -0.25) is 4.79 Å². The Morgan fingerprint density at radius 1 is 1.22 bits per heavy atom. The maximum Gasteiger partial charge on any atom is 0.277 e. The number of nitrogens with zero attached hydrogens (tertiary/aromatic N) is 2. The predicted molar refractivity (Wildman–Crippen MR) is 93.9 cm³/mol. The summed E-state index contributed by atoms with van der Waals surface area (Å²) in [6.07, 6.45) is 6.01. The van der Waals surface area contributed by atoms with E-state index in [-0.39, 0.29) is 11.0 Å². The second-order valence-corrected chi connectivity index (χ2v) is 8.08. The van der Waals surface area contributed by atoms with Crippen LogP contribution in [0.4, 0.5) is 0 Å². The van der Waals surface area contributed by atoms with Gasteiger partial charge in [-0.25, -0.2) is 0 Å². The lowest BCUT2D eigenvalue weighted by molar-refractivity contribution is 0.0993. The molecule has 0 amide bonds. The lowest BCUT2D eigenvalue weighted by atomic mass is 9.89. The van der Waals surface area contributed by atoms with Gasteiger partial charge in [-0.1, -0.05) is 59.1 Å². The fourth-order valence-electron chi connectivity index (χ4n) is 2.84. The van der Waals surface area contributed by atoms with Gasteiger partial charge in [-0.05, 0) is 31.9 Å². The molecule has 1 fully saturated rings. The minimum absolute atomic E-state index is 0.0694. The molecule has 0 saturated heterocycles. The SMILES string of the molecule is C[C@H](Sc1nnc(C2CCCCC2)o1)C(=O)c1ccc(Br)cc1. The Morgan fingerprint density at radius 2 is 1.91 bits per heavy atom. The highest BCUT2D eigenvalue weighted by Crippen LogP contribution is 2.34. The van der Waals surface area contributed by atoms with Gasteiger partial charge in [0, 0.05) is 16.0 Å². The van der Waals surface area contributed by atoms with Crippen LogP contribution in [0, 0.1) is 0 Å². The number of aromatic nitrogens is 2. The smallest absolute Gasteiger partial charge is 0.277 e. The zero-order valence-corrected chi connectivity index (χ0v) is 15.4. The van der Waals surface area contributed by atoms with Crippen LogP contribution in [0.3, 0.4) is 0 Å². The molecule has 4 nitrogen and oxygen atoms in total. The molecule has 122 valence electrons. The number of carbonyl (C=O) groups excluding carboxylic acids is 1. The zero-order valence-electron chi connectivity index (χ0n) is 13.0. The van der Waals surface area contributed by atoms with Crippen molar-refractivity contribution < 1.29 is 9.21 Å². The third kappa shape index (κ3) is 4.23. The van der Waals surface area contributed by atoms with E-state index in [0.717, 1.165) is 23.2 Å². The average molecular weight is 395 g/mol. The third-order valence-corrected chi connectivity index (χ3v) is 5.61. The van der Waals surface area contributed by atoms with Crippen LogP contribution < -0.4 is 0 Å². The van der Waals surface area contributed by atoms with Gasteiger partial charge in [-0.2, -0.15) is 0 Å². The summed E-state index contributed by atoms with van der Waals surface area (Å²) in [5.41, 5.74) is 0.695. The molecule has 0 spiro atoms. The largest absolute Gasteiger partial charge is 0.416 e. The molecule has 1 atom stereocenters. The fraction of sp³-hybridized carbons (Fsp3) is 0.471. The van der Waals surface area contributed by atoms with Crippen molar-refractivity contribution in [3.63, 3.8) is 0 Å². The Bertz CT molecular complexity index is 665. The average Bonchev–Trinajstić information content (AvgIpc) is 3.04. The Labute approximate surface area is 148 Å². The number of hydrogen-bond acceptors (Lipinski definition) is 5. The van der Waals surface area contributed by atoms with Gasteiger partial charge in [0.05, 0.1) is 5.25 Å². The first-order valence-electron chi connectivity index (χ1n) is 7.93. The maximum atomic E-state index is 12.4. The standard InChI is InChI=1S/C17H19BrN2O2S/c1-11(15(21)12-7-9-14(18)10-8-12)23-17-20-19-16(22-17)13-5-3-2-4-6-13/h7-11,13H,2-6H2,1H3/t11-/m0/s1. The van der Waals surface area contributed by atoms with Crippen LogP contribution in [-0.4, -0.2) is 21.2 Å². The van der Waals surface area contributed by atoms with Crippen molar-refractivity contribution >= 4 is 33.5 Å². The quantitative estimate of drug-likeness (QED) is 0.512. The molecule has 1 aromatic heterocycles. The predicted octanol–water partition coefficient (Wildman–Crippen LogP) is 5.24. The molecular formula is C17H19BrN2O2S. The summed E-state index contributed by atoms with van der Waals surface area (Å²) in [6, 6.07) is 7.40. The molecule has 1 heterocycles. The fourth-order valence-corrected chi connectivity index (χ4v) is 3.87. The first-order chi connectivity index (χ1) is 11.1. The number of benzene rings is 1. The molecule has 0 N–H and O–H groups in total. The molecule has 0 aliphatic heterocycles. The molecule has 1 aromatic carbocycles. The van der Waals surface area contributed by atoms with Crippen molar-refractivity contribution in [3.8, 4) is 0 Å². The van der Waals surface area contributed by atoms with Gasteiger partial charge in [0.1, 0.15) is 0 Å². The van der Waals surface area contributed by atoms with E-state index < -0.39 is 0 Å². The Morgan fingerprint density at radius 3 is 2.61 bits per heavy atom. The molecule has 0 radical (unpaired) electrons. The van der Waals surface area contributed by atoms with Gasteiger partial charge in [-0.15, -0.1) is 10.2 Å². The molecule has 23 heavy (non-hydrogen) atoms. The van der Waals surface area contributed by atoms with Gasteiger partial charge < -0.3 is 4.42 Å². The van der Waals surface area contributed by atoms with Gasteiger partial charge in [0.15, 0.2) is 5.78 Å². The number of rotatable bonds is 5. The van der Waals surface area contributed by atoms with Gasteiger partial charge >= 0.3 is 0 Å². The molecule has 0 unspecified atom stereocenters. The van der Waals surface area contributed by atoms with Crippen molar-refractivity contribution in [2.24, 2.45) is 0 Å². The maximum absolute atomic E-state index is 12.4. The van der Waals surface area contributed by atoms with E-state index in [4.69, 9.17) is 4.42 Å². The molecular weight excluding hydrogens is 376 g/mol. The van der Waals surface area contributed by atoms with Crippen molar-refractivity contribution in [3.05, 3.63) is 40.2 Å². The summed E-state index contributed by atoms with van der Waals surface area (Å²) in [5, 5.41) is 8.53. The molecule has 2 aromatic rings. The van der Waals surface area contributed by atoms with Crippen LogP contribution in [0.1, 0.15) is 61.2 Å². The van der Waals surface area contributed by atoms with Crippen molar-refractivity contribution in [2.45, 2.75) is 55.4 Å². The second kappa shape index (κ2) is 7.62. The summed E-state index contributed by atoms with van der Waals surface area (Å²) >= 11 is 4.71. The number of Topliss-reactive ketones (excluding diaryl/α,β-unsaturated/α-hetero) is 1. The van der Waals surface area contributed by atoms with Crippen molar-refractivity contribution in [1.82, 2.24) is 10.2 Å². The number of thioether (sulfide) groups is 1. The summed E-state index contributed by atoms with van der Waals surface area (Å²) in [4.78, 5) is 12.4. The molecule has 1 aliphatic rings. The van der Waals surface area contributed by atoms with E-state index in [1.54, 1.807) is 0 Å². The number of carbonyl (C=O) groups is 1. The van der Waals surface area contributed by atoms with Crippen LogP contribution in [-0.2, 0) is 0 Å². The molecule has 3 rings (SSSR count).